The minimum absolute atomic E-state index is 0.0355. The third-order valence-corrected chi connectivity index (χ3v) is 7.12. The van der Waals surface area contributed by atoms with Crippen LogP contribution < -0.4 is 10.6 Å². The van der Waals surface area contributed by atoms with Crippen molar-refractivity contribution in [1.29, 1.82) is 0 Å². The fourth-order valence-electron chi connectivity index (χ4n) is 3.85. The van der Waals surface area contributed by atoms with Gasteiger partial charge in [0.2, 0.25) is 5.91 Å². The van der Waals surface area contributed by atoms with Gasteiger partial charge >= 0.3 is 0 Å². The van der Waals surface area contributed by atoms with Gasteiger partial charge in [-0.3, -0.25) is 9.79 Å². The van der Waals surface area contributed by atoms with Gasteiger partial charge in [0.25, 0.3) is 10.0 Å². The predicted octanol–water partition coefficient (Wildman–Crippen LogP) is 3.71. The monoisotopic (exact) mass is 445 g/mol. The molecule has 0 saturated carbocycles. The van der Waals surface area contributed by atoms with Crippen LogP contribution in [0.5, 0.6) is 0 Å². The number of carbonyl (C=O) groups is 1. The van der Waals surface area contributed by atoms with Crippen molar-refractivity contribution in [3.8, 4) is 0 Å². The molecule has 9 heteroatoms. The molecule has 2 N–H and O–H groups in total. The third-order valence-electron chi connectivity index (χ3n) is 5.33. The number of rotatable bonds is 6. The number of hydrogen-bond donors (Lipinski definition) is 2. The van der Waals surface area contributed by atoms with Crippen LogP contribution in [0.1, 0.15) is 11.1 Å². The molecule has 4 aromatic rings. The molecule has 0 unspecified atom stereocenters. The maximum Gasteiger partial charge on any atom is 0.268 e. The fourth-order valence-corrected chi connectivity index (χ4v) is 5.41. The van der Waals surface area contributed by atoms with E-state index in [9.17, 15) is 13.2 Å². The summed E-state index contributed by atoms with van der Waals surface area (Å²) < 4.78 is 28.2. The van der Waals surface area contributed by atoms with Crippen molar-refractivity contribution in [1.82, 2.24) is 8.96 Å². The molecule has 2 aromatic carbocycles. The Kier molecular flexibility index (Phi) is 4.75. The van der Waals surface area contributed by atoms with E-state index in [2.05, 4.69) is 27.3 Å². The van der Waals surface area contributed by atoms with E-state index in [0.717, 1.165) is 16.9 Å². The number of aliphatic imine (C=N–C) groups is 1. The molecule has 5 rings (SSSR count). The number of aromatic nitrogens is 2. The first-order valence-corrected chi connectivity index (χ1v) is 11.3. The van der Waals surface area contributed by atoms with Gasteiger partial charge in [0, 0.05) is 35.2 Å². The van der Waals surface area contributed by atoms with E-state index in [-0.39, 0.29) is 17.3 Å². The van der Waals surface area contributed by atoms with Crippen LogP contribution in [0.25, 0.3) is 10.9 Å². The topological polar surface area (TPSA) is 105 Å². The molecule has 8 nitrogen and oxygen atoms in total. The Labute approximate surface area is 184 Å². The lowest BCUT2D eigenvalue weighted by molar-refractivity contribution is -0.115. The van der Waals surface area contributed by atoms with Crippen LogP contribution in [0.3, 0.4) is 0 Å². The van der Waals surface area contributed by atoms with E-state index in [1.165, 1.54) is 10.2 Å². The van der Waals surface area contributed by atoms with Gasteiger partial charge in [-0.05, 0) is 48.2 Å². The second-order valence-electron chi connectivity index (χ2n) is 7.46. The van der Waals surface area contributed by atoms with Crippen molar-refractivity contribution < 1.29 is 13.2 Å². The minimum Gasteiger partial charge on any atom is -0.340 e. The molecule has 0 aliphatic carbocycles. The van der Waals surface area contributed by atoms with Gasteiger partial charge in [-0.1, -0.05) is 18.2 Å². The highest BCUT2D eigenvalue weighted by atomic mass is 32.2. The molecule has 0 fully saturated rings. The van der Waals surface area contributed by atoms with E-state index >= 15 is 0 Å². The summed E-state index contributed by atoms with van der Waals surface area (Å²) in [6, 6.07) is 15.7. The highest BCUT2D eigenvalue weighted by Gasteiger charge is 2.22. The number of benzene rings is 2. The van der Waals surface area contributed by atoms with Gasteiger partial charge in [0.15, 0.2) is 0 Å². The Morgan fingerprint density at radius 2 is 2.00 bits per heavy atom. The van der Waals surface area contributed by atoms with Crippen molar-refractivity contribution in [2.24, 2.45) is 4.99 Å². The van der Waals surface area contributed by atoms with Gasteiger partial charge < -0.3 is 10.6 Å². The lowest BCUT2D eigenvalue weighted by Gasteiger charge is -2.12. The summed E-state index contributed by atoms with van der Waals surface area (Å²) in [5.74, 6) is 0.456. The highest BCUT2D eigenvalue weighted by molar-refractivity contribution is 7.90. The van der Waals surface area contributed by atoms with Gasteiger partial charge in [0.1, 0.15) is 5.82 Å². The van der Waals surface area contributed by atoms with Crippen LogP contribution in [0.2, 0.25) is 0 Å². The van der Waals surface area contributed by atoms with Crippen molar-refractivity contribution in [2.45, 2.75) is 17.9 Å². The summed E-state index contributed by atoms with van der Waals surface area (Å²) in [5.41, 5.74) is 3.55. The van der Waals surface area contributed by atoms with Crippen LogP contribution in [-0.2, 0) is 27.8 Å². The number of carbonyl (C=O) groups excluding carboxylic acids is 1. The normalized spacial score (nSPS) is 13.1. The van der Waals surface area contributed by atoms with Crippen LogP contribution in [0.15, 0.2) is 76.9 Å². The summed E-state index contributed by atoms with van der Waals surface area (Å²) in [6.45, 7) is 3.69. The maximum absolute atomic E-state index is 13.5. The Hall–Kier alpha value is -3.98. The average molecular weight is 446 g/mol. The first kappa shape index (κ1) is 20.0. The number of amides is 1. The molecule has 160 valence electrons. The number of pyridine rings is 1. The Bertz CT molecular complexity index is 1490. The quantitative estimate of drug-likeness (QED) is 0.440. The molecule has 0 saturated heterocycles. The van der Waals surface area contributed by atoms with E-state index < -0.39 is 10.0 Å². The fraction of sp³-hybridized carbons (Fsp3) is 0.0870. The number of anilines is 3. The molecular formula is C23H19N5O3S. The van der Waals surface area contributed by atoms with Crippen molar-refractivity contribution in [3.63, 3.8) is 0 Å². The Balaban J connectivity index is 1.53. The average Bonchev–Trinajstić information content (AvgIpc) is 3.36. The highest BCUT2D eigenvalue weighted by Crippen LogP contribution is 2.29. The molecule has 0 bridgehead atoms. The zero-order chi connectivity index (χ0) is 22.3. The van der Waals surface area contributed by atoms with Crippen molar-refractivity contribution in [3.05, 3.63) is 78.1 Å². The zero-order valence-corrected chi connectivity index (χ0v) is 17.8. The first-order valence-electron chi connectivity index (χ1n) is 9.88. The lowest BCUT2D eigenvalue weighted by Crippen LogP contribution is -2.14. The van der Waals surface area contributed by atoms with Crippen molar-refractivity contribution in [2.75, 3.05) is 10.6 Å². The number of nitrogens with zero attached hydrogens (tertiary/aromatic N) is 3. The Morgan fingerprint density at radius 3 is 2.84 bits per heavy atom. The summed E-state index contributed by atoms with van der Waals surface area (Å²) in [4.78, 5) is 20.0. The van der Waals surface area contributed by atoms with E-state index in [1.54, 1.807) is 42.6 Å². The summed E-state index contributed by atoms with van der Waals surface area (Å²) >= 11 is 0. The Morgan fingerprint density at radius 1 is 1.16 bits per heavy atom. The van der Waals surface area contributed by atoms with Gasteiger partial charge in [-0.25, -0.2) is 17.4 Å². The van der Waals surface area contributed by atoms with Crippen LogP contribution in [0, 0.1) is 0 Å². The van der Waals surface area contributed by atoms with Crippen LogP contribution >= 0.6 is 0 Å². The van der Waals surface area contributed by atoms with Crippen LogP contribution in [-0.4, -0.2) is 30.0 Å². The lowest BCUT2D eigenvalue weighted by atomic mass is 10.1. The first-order chi connectivity index (χ1) is 15.5. The second kappa shape index (κ2) is 7.61. The molecule has 0 spiro atoms. The molecule has 0 atom stereocenters. The second-order valence-corrected chi connectivity index (χ2v) is 9.24. The van der Waals surface area contributed by atoms with Gasteiger partial charge in [-0.15, -0.1) is 0 Å². The molecule has 32 heavy (non-hydrogen) atoms. The zero-order valence-electron chi connectivity index (χ0n) is 16.9. The third kappa shape index (κ3) is 3.42. The standard InChI is InChI=1S/C23H19N5O3S/c1-24-13-16-4-2-3-5-21(16)32(30,31)28-9-8-15-14-25-22(12-20(15)28)26-18-6-7-19-17(10-18)11-23(29)27-19/h2-10,12,14H,1,11,13H2,(H,25,26)(H,27,29). The van der Waals surface area contributed by atoms with E-state index in [0.29, 0.717) is 28.7 Å². The smallest absolute Gasteiger partial charge is 0.268 e. The molecule has 1 aliphatic heterocycles. The number of fused-ring (bicyclic) bond motifs is 2. The predicted molar refractivity (Wildman–Crippen MR) is 124 cm³/mol. The molecule has 3 heterocycles. The number of hydrogen-bond acceptors (Lipinski definition) is 6. The molecule has 0 radical (unpaired) electrons. The summed E-state index contributed by atoms with van der Waals surface area (Å²) in [5, 5.41) is 6.69. The largest absolute Gasteiger partial charge is 0.340 e. The SMILES string of the molecule is C=NCc1ccccc1S(=O)(=O)n1ccc2cnc(Nc3ccc4c(c3)CC(=O)N4)cc21. The summed E-state index contributed by atoms with van der Waals surface area (Å²) in [6.07, 6.45) is 3.48. The minimum atomic E-state index is -3.85. The van der Waals surface area contributed by atoms with Crippen molar-refractivity contribution >= 4 is 50.7 Å². The van der Waals surface area contributed by atoms with Gasteiger partial charge in [0.05, 0.1) is 23.4 Å². The van der Waals surface area contributed by atoms with E-state index in [4.69, 9.17) is 0 Å². The maximum atomic E-state index is 13.5. The van der Waals surface area contributed by atoms with E-state index in [1.807, 2.05) is 18.2 Å². The molecule has 1 amide bonds. The van der Waals surface area contributed by atoms with Crippen LogP contribution in [0.4, 0.5) is 17.2 Å². The summed E-state index contributed by atoms with van der Waals surface area (Å²) in [7, 11) is -3.85. The van der Waals surface area contributed by atoms with Gasteiger partial charge in [-0.2, -0.15) is 0 Å². The molecule has 2 aromatic heterocycles. The number of nitrogens with one attached hydrogen (secondary N) is 2. The molecule has 1 aliphatic rings. The molecular weight excluding hydrogens is 426 g/mol.